The third-order valence-electron chi connectivity index (χ3n) is 5.95. The van der Waals surface area contributed by atoms with E-state index in [-0.39, 0.29) is 12.0 Å². The molecule has 134 valence electrons. The molecule has 3 heteroatoms. The van der Waals surface area contributed by atoms with Crippen molar-refractivity contribution < 1.29 is 9.53 Å². The van der Waals surface area contributed by atoms with Gasteiger partial charge in [0.05, 0.1) is 18.7 Å². The molecule has 1 heterocycles. The number of benzene rings is 3. The molecular formula is C24H21NO2. The number of methoxy groups -OCH3 is 1. The average molecular weight is 355 g/mol. The largest absolute Gasteiger partial charge is 0.465 e. The van der Waals surface area contributed by atoms with Crippen molar-refractivity contribution in [1.82, 2.24) is 0 Å². The topological polar surface area (TPSA) is 38.3 Å². The van der Waals surface area contributed by atoms with E-state index in [9.17, 15) is 4.79 Å². The van der Waals surface area contributed by atoms with E-state index in [1.807, 2.05) is 12.1 Å². The van der Waals surface area contributed by atoms with Gasteiger partial charge in [0.1, 0.15) is 0 Å². The maximum Gasteiger partial charge on any atom is 0.337 e. The summed E-state index contributed by atoms with van der Waals surface area (Å²) in [6.07, 6.45) is 5.72. The quantitative estimate of drug-likeness (QED) is 0.490. The van der Waals surface area contributed by atoms with Gasteiger partial charge in [-0.2, -0.15) is 0 Å². The van der Waals surface area contributed by atoms with E-state index >= 15 is 0 Å². The van der Waals surface area contributed by atoms with Crippen LogP contribution in [0.1, 0.15) is 39.9 Å². The van der Waals surface area contributed by atoms with Crippen LogP contribution in [0.5, 0.6) is 0 Å². The average Bonchev–Trinajstić information content (AvgIpc) is 3.22. The first-order valence-electron chi connectivity index (χ1n) is 9.39. The van der Waals surface area contributed by atoms with Crippen LogP contribution in [0.4, 0.5) is 5.69 Å². The third kappa shape index (κ3) is 2.54. The van der Waals surface area contributed by atoms with E-state index in [2.05, 4.69) is 66.0 Å². The molecular weight excluding hydrogens is 334 g/mol. The molecule has 3 nitrogen and oxygen atoms in total. The number of carbonyl (C=O) groups excluding carboxylic acids is 1. The van der Waals surface area contributed by atoms with Gasteiger partial charge in [0, 0.05) is 17.0 Å². The van der Waals surface area contributed by atoms with Crippen molar-refractivity contribution in [2.45, 2.75) is 18.4 Å². The summed E-state index contributed by atoms with van der Waals surface area (Å²) in [6.45, 7) is 0. The molecule has 0 saturated carbocycles. The minimum absolute atomic E-state index is 0.218. The Hall–Kier alpha value is -3.07. The smallest absolute Gasteiger partial charge is 0.337 e. The normalized spacial score (nSPS) is 22.8. The summed E-state index contributed by atoms with van der Waals surface area (Å²) in [5.74, 6) is 0.619. The molecule has 0 unspecified atom stereocenters. The molecule has 0 radical (unpaired) electrons. The van der Waals surface area contributed by atoms with Crippen molar-refractivity contribution in [2.24, 2.45) is 5.92 Å². The Morgan fingerprint density at radius 2 is 1.85 bits per heavy atom. The summed E-state index contributed by atoms with van der Waals surface area (Å²) in [5, 5.41) is 6.36. The monoisotopic (exact) mass is 355 g/mol. The molecule has 3 aromatic carbocycles. The summed E-state index contributed by atoms with van der Waals surface area (Å²) in [6, 6.07) is 21.1. The predicted octanol–water partition coefficient (Wildman–Crippen LogP) is 5.45. The van der Waals surface area contributed by atoms with Crippen LogP contribution in [-0.4, -0.2) is 13.1 Å². The Bertz CT molecular complexity index is 1050. The molecule has 0 bridgehead atoms. The molecule has 0 amide bonds. The number of anilines is 1. The summed E-state index contributed by atoms with van der Waals surface area (Å²) < 4.78 is 4.82. The number of esters is 1. The second kappa shape index (κ2) is 6.27. The lowest BCUT2D eigenvalue weighted by Crippen LogP contribution is -2.29. The van der Waals surface area contributed by atoms with Crippen molar-refractivity contribution in [1.29, 1.82) is 0 Å². The Labute approximate surface area is 158 Å². The SMILES string of the molecule is COC(=O)c1ccc([C@@H]2Nc3c(ccc4ccccc34)[C@@H]3C=CC[C@H]32)cc1. The van der Waals surface area contributed by atoms with E-state index in [0.717, 1.165) is 6.42 Å². The Morgan fingerprint density at radius 3 is 2.67 bits per heavy atom. The minimum atomic E-state index is -0.296. The van der Waals surface area contributed by atoms with Crippen LogP contribution in [0, 0.1) is 5.92 Å². The van der Waals surface area contributed by atoms with Gasteiger partial charge in [-0.1, -0.05) is 60.7 Å². The van der Waals surface area contributed by atoms with Crippen molar-refractivity contribution >= 4 is 22.4 Å². The zero-order valence-corrected chi connectivity index (χ0v) is 15.2. The second-order valence-electron chi connectivity index (χ2n) is 7.34. The van der Waals surface area contributed by atoms with Gasteiger partial charge in [0.2, 0.25) is 0 Å². The molecule has 3 atom stereocenters. The number of nitrogens with one attached hydrogen (secondary N) is 1. The lowest BCUT2D eigenvalue weighted by molar-refractivity contribution is 0.0600. The van der Waals surface area contributed by atoms with Gasteiger partial charge < -0.3 is 10.1 Å². The van der Waals surface area contributed by atoms with Crippen LogP contribution in [0.2, 0.25) is 0 Å². The molecule has 0 fully saturated rings. The molecule has 1 N–H and O–H groups in total. The second-order valence-corrected chi connectivity index (χ2v) is 7.34. The van der Waals surface area contributed by atoms with Gasteiger partial charge in [-0.05, 0) is 41.0 Å². The van der Waals surface area contributed by atoms with Crippen molar-refractivity contribution in [3.8, 4) is 0 Å². The molecule has 1 aliphatic carbocycles. The molecule has 27 heavy (non-hydrogen) atoms. The first-order chi connectivity index (χ1) is 13.3. The highest BCUT2D eigenvalue weighted by molar-refractivity contribution is 5.96. The maximum absolute atomic E-state index is 11.7. The zero-order chi connectivity index (χ0) is 18.4. The Kier molecular flexibility index (Phi) is 3.75. The fourth-order valence-electron chi connectivity index (χ4n) is 4.61. The number of rotatable bonds is 2. The Morgan fingerprint density at radius 1 is 1.04 bits per heavy atom. The van der Waals surface area contributed by atoms with Crippen LogP contribution in [0.25, 0.3) is 10.8 Å². The number of hydrogen-bond acceptors (Lipinski definition) is 3. The summed E-state index contributed by atoms with van der Waals surface area (Å²) in [7, 11) is 1.41. The Balaban J connectivity index is 1.59. The number of fused-ring (bicyclic) bond motifs is 5. The zero-order valence-electron chi connectivity index (χ0n) is 15.2. The summed E-state index contributed by atoms with van der Waals surface area (Å²) >= 11 is 0. The fourth-order valence-corrected chi connectivity index (χ4v) is 4.61. The number of carbonyl (C=O) groups is 1. The minimum Gasteiger partial charge on any atom is -0.465 e. The molecule has 0 saturated heterocycles. The predicted molar refractivity (Wildman–Crippen MR) is 108 cm³/mol. The van der Waals surface area contributed by atoms with Crippen LogP contribution >= 0.6 is 0 Å². The van der Waals surface area contributed by atoms with Gasteiger partial charge >= 0.3 is 5.97 Å². The lowest BCUT2D eigenvalue weighted by Gasteiger charge is -2.38. The van der Waals surface area contributed by atoms with Crippen LogP contribution in [0.15, 0.2) is 72.8 Å². The molecule has 3 aromatic rings. The third-order valence-corrected chi connectivity index (χ3v) is 5.95. The van der Waals surface area contributed by atoms with Gasteiger partial charge in [0.25, 0.3) is 0 Å². The van der Waals surface area contributed by atoms with Gasteiger partial charge in [0.15, 0.2) is 0 Å². The molecule has 2 aliphatic rings. The van der Waals surface area contributed by atoms with Gasteiger partial charge in [-0.3, -0.25) is 0 Å². The van der Waals surface area contributed by atoms with E-state index < -0.39 is 0 Å². The van der Waals surface area contributed by atoms with Crippen LogP contribution < -0.4 is 5.32 Å². The fraction of sp³-hybridized carbons (Fsp3) is 0.208. The van der Waals surface area contributed by atoms with E-state index in [1.54, 1.807) is 0 Å². The molecule has 0 spiro atoms. The van der Waals surface area contributed by atoms with E-state index in [0.29, 0.717) is 17.4 Å². The molecule has 1 aliphatic heterocycles. The highest BCUT2D eigenvalue weighted by atomic mass is 16.5. The maximum atomic E-state index is 11.7. The number of ether oxygens (including phenoxy) is 1. The van der Waals surface area contributed by atoms with Crippen LogP contribution in [-0.2, 0) is 4.74 Å². The summed E-state index contributed by atoms with van der Waals surface area (Å²) in [5.41, 5.74) is 4.42. The van der Waals surface area contributed by atoms with E-state index in [1.165, 1.54) is 34.7 Å². The van der Waals surface area contributed by atoms with Gasteiger partial charge in [-0.15, -0.1) is 0 Å². The summed E-state index contributed by atoms with van der Waals surface area (Å²) in [4.78, 5) is 11.7. The number of hydrogen-bond donors (Lipinski definition) is 1. The standard InChI is InChI=1S/C24H21NO2/c1-27-24(26)17-11-9-16(10-12-17)22-20-8-4-7-19(20)21-14-13-15-5-2-3-6-18(15)23(21)25-22/h2-7,9-14,19-20,22,25H,8H2,1H3/t19-,20-,22+/m1/s1. The molecule has 5 rings (SSSR count). The highest BCUT2D eigenvalue weighted by Crippen LogP contribution is 2.51. The first kappa shape index (κ1) is 16.1. The van der Waals surface area contributed by atoms with E-state index in [4.69, 9.17) is 4.74 Å². The van der Waals surface area contributed by atoms with Gasteiger partial charge in [-0.25, -0.2) is 4.79 Å². The van der Waals surface area contributed by atoms with Crippen molar-refractivity contribution in [3.05, 3.63) is 89.5 Å². The highest BCUT2D eigenvalue weighted by Gasteiger charge is 2.38. The van der Waals surface area contributed by atoms with Crippen LogP contribution in [0.3, 0.4) is 0 Å². The number of allylic oxidation sites excluding steroid dienone is 2. The first-order valence-corrected chi connectivity index (χ1v) is 9.39. The lowest BCUT2D eigenvalue weighted by atomic mass is 9.76. The van der Waals surface area contributed by atoms with Crippen molar-refractivity contribution in [2.75, 3.05) is 12.4 Å². The van der Waals surface area contributed by atoms with Crippen molar-refractivity contribution in [3.63, 3.8) is 0 Å². The molecule has 0 aromatic heterocycles.